The minimum absolute atomic E-state index is 0.0451. The molecule has 0 bridgehead atoms. The Hall–Kier alpha value is -2.84. The SMILES string of the molecule is CCOC(=O)c1ccc(NN=Cc2cc(Cl)cc(Cl)c2O)c([N+](=O)[O-])c1. The summed E-state index contributed by atoms with van der Waals surface area (Å²) in [6.07, 6.45) is 1.20. The third-order valence-corrected chi connectivity index (χ3v) is 3.66. The summed E-state index contributed by atoms with van der Waals surface area (Å²) in [6.45, 7) is 1.79. The van der Waals surface area contributed by atoms with Crippen LogP contribution in [0.1, 0.15) is 22.8 Å². The van der Waals surface area contributed by atoms with E-state index >= 15 is 0 Å². The molecule has 2 N–H and O–H groups in total. The number of anilines is 1. The molecule has 0 atom stereocenters. The van der Waals surface area contributed by atoms with Crippen molar-refractivity contribution >= 4 is 46.8 Å². The molecule has 0 amide bonds. The Balaban J connectivity index is 2.27. The molecule has 8 nitrogen and oxygen atoms in total. The molecule has 2 aromatic rings. The van der Waals surface area contributed by atoms with Crippen molar-refractivity contribution in [3.8, 4) is 5.75 Å². The van der Waals surface area contributed by atoms with Gasteiger partial charge in [0.05, 0.1) is 28.3 Å². The van der Waals surface area contributed by atoms with Gasteiger partial charge < -0.3 is 9.84 Å². The molecule has 0 spiro atoms. The lowest BCUT2D eigenvalue weighted by molar-refractivity contribution is -0.384. The summed E-state index contributed by atoms with van der Waals surface area (Å²) < 4.78 is 4.81. The summed E-state index contributed by atoms with van der Waals surface area (Å²) in [5.41, 5.74) is 2.45. The number of rotatable bonds is 6. The maximum Gasteiger partial charge on any atom is 0.338 e. The van der Waals surface area contributed by atoms with Crippen LogP contribution >= 0.6 is 23.2 Å². The van der Waals surface area contributed by atoms with Crippen LogP contribution < -0.4 is 5.43 Å². The van der Waals surface area contributed by atoms with Crippen molar-refractivity contribution in [3.63, 3.8) is 0 Å². The zero-order chi connectivity index (χ0) is 19.3. The number of hydrogen-bond donors (Lipinski definition) is 2. The molecule has 0 aliphatic heterocycles. The van der Waals surface area contributed by atoms with Gasteiger partial charge in [0.25, 0.3) is 5.69 Å². The van der Waals surface area contributed by atoms with Gasteiger partial charge in [-0.1, -0.05) is 23.2 Å². The first-order chi connectivity index (χ1) is 12.3. The molecule has 10 heteroatoms. The molecule has 2 rings (SSSR count). The number of phenols is 1. The number of hydrogen-bond acceptors (Lipinski definition) is 7. The number of aromatic hydroxyl groups is 1. The van der Waals surface area contributed by atoms with Gasteiger partial charge >= 0.3 is 5.97 Å². The van der Waals surface area contributed by atoms with Gasteiger partial charge in [-0.3, -0.25) is 15.5 Å². The molecular formula is C16H13Cl2N3O5. The van der Waals surface area contributed by atoms with E-state index in [9.17, 15) is 20.0 Å². The highest BCUT2D eigenvalue weighted by atomic mass is 35.5. The van der Waals surface area contributed by atoms with Crippen molar-refractivity contribution in [2.24, 2.45) is 5.10 Å². The molecule has 0 aliphatic carbocycles. The van der Waals surface area contributed by atoms with E-state index in [-0.39, 0.29) is 39.9 Å². The second-order valence-corrected chi connectivity index (χ2v) is 5.75. The van der Waals surface area contributed by atoms with E-state index in [1.807, 2.05) is 0 Å². The van der Waals surface area contributed by atoms with Crippen LogP contribution in [0.25, 0.3) is 0 Å². The molecule has 0 saturated carbocycles. The normalized spacial score (nSPS) is 10.7. The average Bonchev–Trinajstić information content (AvgIpc) is 2.59. The van der Waals surface area contributed by atoms with Crippen LogP contribution in [-0.2, 0) is 4.74 Å². The maximum atomic E-state index is 11.7. The minimum atomic E-state index is -0.663. The van der Waals surface area contributed by atoms with Gasteiger partial charge in [0.2, 0.25) is 0 Å². The summed E-state index contributed by atoms with van der Waals surface area (Å²) in [5.74, 6) is -0.891. The van der Waals surface area contributed by atoms with Gasteiger partial charge in [-0.2, -0.15) is 5.10 Å². The highest BCUT2D eigenvalue weighted by Gasteiger charge is 2.18. The summed E-state index contributed by atoms with van der Waals surface area (Å²) >= 11 is 11.7. The quantitative estimate of drug-likeness (QED) is 0.326. The zero-order valence-electron chi connectivity index (χ0n) is 13.4. The standard InChI is InChI=1S/C16H13Cl2N3O5/c1-2-26-16(23)9-3-4-13(14(6-9)21(24)25)20-19-8-10-5-11(17)7-12(18)15(10)22/h3-8,20,22H,2H2,1H3. The Kier molecular flexibility index (Phi) is 6.37. The Morgan fingerprint density at radius 3 is 2.77 bits per heavy atom. The minimum Gasteiger partial charge on any atom is -0.506 e. The Bertz CT molecular complexity index is 886. The molecule has 136 valence electrons. The first-order valence-corrected chi connectivity index (χ1v) is 8.01. The largest absolute Gasteiger partial charge is 0.506 e. The molecule has 26 heavy (non-hydrogen) atoms. The monoisotopic (exact) mass is 397 g/mol. The number of carbonyl (C=O) groups excluding carboxylic acids is 1. The number of nitrogens with one attached hydrogen (secondary N) is 1. The van der Waals surface area contributed by atoms with Gasteiger partial charge in [-0.05, 0) is 31.2 Å². The molecule has 2 aromatic carbocycles. The van der Waals surface area contributed by atoms with Gasteiger partial charge in [0.1, 0.15) is 11.4 Å². The predicted molar refractivity (Wildman–Crippen MR) is 98.4 cm³/mol. The van der Waals surface area contributed by atoms with Gasteiger partial charge in [0, 0.05) is 16.7 Å². The van der Waals surface area contributed by atoms with Crippen LogP contribution in [0.15, 0.2) is 35.4 Å². The summed E-state index contributed by atoms with van der Waals surface area (Å²) in [5, 5.41) is 25.2. The fourth-order valence-electron chi connectivity index (χ4n) is 1.97. The lowest BCUT2D eigenvalue weighted by Crippen LogP contribution is -2.06. The third-order valence-electron chi connectivity index (χ3n) is 3.15. The number of nitro groups is 1. The number of hydrazone groups is 1. The van der Waals surface area contributed by atoms with E-state index in [1.54, 1.807) is 6.92 Å². The van der Waals surface area contributed by atoms with Crippen LogP contribution in [0.2, 0.25) is 10.0 Å². The van der Waals surface area contributed by atoms with Crippen LogP contribution in [0.5, 0.6) is 5.75 Å². The molecule has 0 radical (unpaired) electrons. The van der Waals surface area contributed by atoms with Crippen molar-refractivity contribution < 1.29 is 19.6 Å². The summed E-state index contributed by atoms with van der Waals surface area (Å²) in [6, 6.07) is 6.57. The van der Waals surface area contributed by atoms with E-state index in [1.165, 1.54) is 30.5 Å². The number of nitro benzene ring substituents is 1. The van der Waals surface area contributed by atoms with Crippen LogP contribution in [0, 0.1) is 10.1 Å². The maximum absolute atomic E-state index is 11.7. The molecular weight excluding hydrogens is 385 g/mol. The highest BCUT2D eigenvalue weighted by Crippen LogP contribution is 2.30. The van der Waals surface area contributed by atoms with Crippen molar-refractivity contribution in [2.75, 3.05) is 12.0 Å². The number of ether oxygens (including phenoxy) is 1. The third kappa shape index (κ3) is 4.62. The van der Waals surface area contributed by atoms with E-state index in [0.29, 0.717) is 5.02 Å². The topological polar surface area (TPSA) is 114 Å². The fourth-order valence-corrected chi connectivity index (χ4v) is 2.48. The highest BCUT2D eigenvalue weighted by molar-refractivity contribution is 6.36. The number of halogens is 2. The first kappa shape index (κ1) is 19.5. The van der Waals surface area contributed by atoms with E-state index in [4.69, 9.17) is 27.9 Å². The summed E-state index contributed by atoms with van der Waals surface area (Å²) in [7, 11) is 0. The lowest BCUT2D eigenvalue weighted by atomic mass is 10.2. The number of carbonyl (C=O) groups is 1. The molecule has 0 aliphatic rings. The molecule has 0 saturated heterocycles. The van der Waals surface area contributed by atoms with Crippen LogP contribution in [-0.4, -0.2) is 28.8 Å². The Morgan fingerprint density at radius 2 is 2.12 bits per heavy atom. The molecule has 0 unspecified atom stereocenters. The second kappa shape index (κ2) is 8.50. The first-order valence-electron chi connectivity index (χ1n) is 7.26. The van der Waals surface area contributed by atoms with Crippen LogP contribution in [0.4, 0.5) is 11.4 Å². The number of esters is 1. The number of phenolic OH excluding ortho intramolecular Hbond substituents is 1. The van der Waals surface area contributed by atoms with E-state index < -0.39 is 10.9 Å². The number of nitrogens with zero attached hydrogens (tertiary/aromatic N) is 2. The Morgan fingerprint density at radius 1 is 1.38 bits per heavy atom. The van der Waals surface area contributed by atoms with Crippen molar-refractivity contribution in [2.45, 2.75) is 6.92 Å². The van der Waals surface area contributed by atoms with E-state index in [2.05, 4.69) is 10.5 Å². The van der Waals surface area contributed by atoms with Gasteiger partial charge in [-0.15, -0.1) is 0 Å². The molecule has 0 heterocycles. The number of benzene rings is 2. The fraction of sp³-hybridized carbons (Fsp3) is 0.125. The van der Waals surface area contributed by atoms with Gasteiger partial charge in [0.15, 0.2) is 0 Å². The van der Waals surface area contributed by atoms with E-state index in [0.717, 1.165) is 6.07 Å². The smallest absolute Gasteiger partial charge is 0.338 e. The Labute approximate surface area is 158 Å². The lowest BCUT2D eigenvalue weighted by Gasteiger charge is -2.06. The zero-order valence-corrected chi connectivity index (χ0v) is 14.9. The van der Waals surface area contributed by atoms with Crippen molar-refractivity contribution in [1.29, 1.82) is 0 Å². The van der Waals surface area contributed by atoms with Crippen molar-refractivity contribution in [3.05, 3.63) is 61.6 Å². The van der Waals surface area contributed by atoms with Crippen LogP contribution in [0.3, 0.4) is 0 Å². The predicted octanol–water partition coefficient (Wildman–Crippen LogP) is 4.23. The molecule has 0 fully saturated rings. The summed E-state index contributed by atoms with van der Waals surface area (Å²) in [4.78, 5) is 22.2. The van der Waals surface area contributed by atoms with Gasteiger partial charge in [-0.25, -0.2) is 4.79 Å². The average molecular weight is 398 g/mol. The van der Waals surface area contributed by atoms with Crippen molar-refractivity contribution in [1.82, 2.24) is 0 Å². The molecule has 0 aromatic heterocycles. The second-order valence-electron chi connectivity index (χ2n) is 4.90.